The van der Waals surface area contributed by atoms with Crippen molar-refractivity contribution in [3.8, 4) is 16.9 Å². The summed E-state index contributed by atoms with van der Waals surface area (Å²) in [6.45, 7) is 8.34. The van der Waals surface area contributed by atoms with E-state index in [-0.39, 0.29) is 5.91 Å². The number of hydrogen-bond donors (Lipinski definition) is 0. The predicted molar refractivity (Wildman–Crippen MR) is 143 cm³/mol. The second-order valence-electron chi connectivity index (χ2n) is 9.04. The summed E-state index contributed by atoms with van der Waals surface area (Å²) in [6, 6.07) is 20.2. The van der Waals surface area contributed by atoms with Crippen molar-refractivity contribution < 1.29 is 13.9 Å². The maximum atomic E-state index is 13.2. The summed E-state index contributed by atoms with van der Waals surface area (Å²) < 4.78 is 11.8. The number of furan rings is 1. The Balaban J connectivity index is 1.35. The smallest absolute Gasteiger partial charge is 0.246 e. The molecule has 0 saturated carbocycles. The van der Waals surface area contributed by atoms with Gasteiger partial charge >= 0.3 is 0 Å². The average molecular weight is 482 g/mol. The van der Waals surface area contributed by atoms with Crippen LogP contribution < -0.4 is 4.74 Å². The Morgan fingerprint density at radius 2 is 1.83 bits per heavy atom. The molecule has 1 aliphatic rings. The van der Waals surface area contributed by atoms with Gasteiger partial charge in [0, 0.05) is 67.6 Å². The number of carbonyl (C=O) groups excluding carboxylic acids is 1. The molecule has 4 aromatic rings. The third-order valence-electron chi connectivity index (χ3n) is 6.62. The lowest BCUT2D eigenvalue weighted by molar-refractivity contribution is -0.127. The maximum absolute atomic E-state index is 13.2. The van der Waals surface area contributed by atoms with Crippen molar-refractivity contribution in [2.24, 2.45) is 0 Å². The van der Waals surface area contributed by atoms with Crippen molar-refractivity contribution >= 4 is 22.4 Å². The Kier molecular flexibility index (Phi) is 7.14. The minimum Gasteiger partial charge on any atom is -0.493 e. The van der Waals surface area contributed by atoms with Crippen molar-refractivity contribution in [3.63, 3.8) is 0 Å². The molecule has 2 aromatic carbocycles. The molecule has 5 rings (SSSR count). The lowest BCUT2D eigenvalue weighted by atomic mass is 9.99. The Bertz CT molecular complexity index is 1350. The molecule has 0 bridgehead atoms. The normalized spacial score (nSPS) is 14.8. The molecule has 36 heavy (non-hydrogen) atoms. The Hall–Kier alpha value is -3.90. The van der Waals surface area contributed by atoms with E-state index in [0.29, 0.717) is 19.7 Å². The van der Waals surface area contributed by atoms with Crippen LogP contribution in [-0.4, -0.2) is 53.5 Å². The lowest BCUT2D eigenvalue weighted by Gasteiger charge is -2.34. The van der Waals surface area contributed by atoms with Gasteiger partial charge in [-0.1, -0.05) is 36.4 Å². The monoisotopic (exact) mass is 481 g/mol. The number of allylic oxidation sites excluding steroid dienone is 1. The fraction of sp³-hybridized carbons (Fsp3) is 0.267. The third kappa shape index (κ3) is 5.19. The molecule has 1 saturated heterocycles. The van der Waals surface area contributed by atoms with Crippen LogP contribution in [-0.2, 0) is 11.3 Å². The Morgan fingerprint density at radius 3 is 2.56 bits per heavy atom. The zero-order valence-electron chi connectivity index (χ0n) is 20.8. The highest BCUT2D eigenvalue weighted by atomic mass is 16.5. The number of aromatic nitrogens is 1. The van der Waals surface area contributed by atoms with Crippen LogP contribution in [0.4, 0.5) is 0 Å². The summed E-state index contributed by atoms with van der Waals surface area (Å²) in [4.78, 5) is 21.9. The van der Waals surface area contributed by atoms with E-state index in [1.165, 1.54) is 0 Å². The molecule has 0 radical (unpaired) electrons. The van der Waals surface area contributed by atoms with Crippen LogP contribution in [0.3, 0.4) is 0 Å². The summed E-state index contributed by atoms with van der Waals surface area (Å²) in [5.74, 6) is 0.753. The third-order valence-corrected chi connectivity index (χ3v) is 6.62. The molecule has 0 N–H and O–H groups in total. The lowest BCUT2D eigenvalue weighted by Crippen LogP contribution is -2.47. The average Bonchev–Trinajstić information content (AvgIpc) is 3.33. The van der Waals surface area contributed by atoms with E-state index in [9.17, 15) is 4.79 Å². The van der Waals surface area contributed by atoms with Crippen molar-refractivity contribution in [1.82, 2.24) is 14.8 Å². The summed E-state index contributed by atoms with van der Waals surface area (Å²) in [7, 11) is 0. The van der Waals surface area contributed by atoms with Gasteiger partial charge in [0.25, 0.3) is 0 Å². The van der Waals surface area contributed by atoms with Gasteiger partial charge in [-0.2, -0.15) is 0 Å². The molecule has 184 valence electrons. The molecule has 0 atom stereocenters. The molecule has 2 aromatic heterocycles. The van der Waals surface area contributed by atoms with Gasteiger partial charge in [-0.25, -0.2) is 0 Å². The molecular weight excluding hydrogens is 450 g/mol. The number of pyridine rings is 1. The summed E-state index contributed by atoms with van der Waals surface area (Å²) in [6.07, 6.45) is 5.34. The van der Waals surface area contributed by atoms with Crippen LogP contribution in [0.25, 0.3) is 27.7 Å². The second kappa shape index (κ2) is 10.8. The number of rotatable bonds is 7. The Labute approximate surface area is 211 Å². The fourth-order valence-electron chi connectivity index (χ4n) is 4.68. The molecule has 6 heteroatoms. The number of carbonyl (C=O) groups is 1. The number of amides is 1. The van der Waals surface area contributed by atoms with E-state index in [1.54, 1.807) is 12.3 Å². The molecule has 1 fully saturated rings. The predicted octanol–water partition coefficient (Wildman–Crippen LogP) is 5.64. The number of piperazine rings is 1. The largest absolute Gasteiger partial charge is 0.493 e. The van der Waals surface area contributed by atoms with Gasteiger partial charge in [0.15, 0.2) is 0 Å². The van der Waals surface area contributed by atoms with E-state index >= 15 is 0 Å². The first-order chi connectivity index (χ1) is 17.6. The van der Waals surface area contributed by atoms with E-state index in [4.69, 9.17) is 9.15 Å². The van der Waals surface area contributed by atoms with Crippen molar-refractivity contribution in [2.45, 2.75) is 20.4 Å². The number of benzene rings is 2. The van der Waals surface area contributed by atoms with E-state index in [1.807, 2.05) is 67.4 Å². The first-order valence-electron chi connectivity index (χ1n) is 12.5. The molecule has 3 heterocycles. The highest BCUT2D eigenvalue weighted by Crippen LogP contribution is 2.37. The zero-order valence-corrected chi connectivity index (χ0v) is 20.8. The maximum Gasteiger partial charge on any atom is 0.246 e. The van der Waals surface area contributed by atoms with Crippen LogP contribution in [0.5, 0.6) is 5.75 Å². The molecule has 0 spiro atoms. The fourth-order valence-corrected chi connectivity index (χ4v) is 4.68. The number of hydrogen-bond acceptors (Lipinski definition) is 5. The SMILES string of the molecule is CCOc1cc2occ(-c3ccccc3)c2cc1/C(C)=C/C(=O)N1CCN(Cc2ccccn2)CC1. The number of fused-ring (bicyclic) bond motifs is 1. The van der Waals surface area contributed by atoms with Crippen molar-refractivity contribution in [1.29, 1.82) is 0 Å². The van der Waals surface area contributed by atoms with Gasteiger partial charge in [0.1, 0.15) is 11.3 Å². The van der Waals surface area contributed by atoms with Gasteiger partial charge in [0.05, 0.1) is 18.6 Å². The van der Waals surface area contributed by atoms with Gasteiger partial charge in [-0.3, -0.25) is 14.7 Å². The van der Waals surface area contributed by atoms with Crippen LogP contribution >= 0.6 is 0 Å². The van der Waals surface area contributed by atoms with E-state index < -0.39 is 0 Å². The van der Waals surface area contributed by atoms with Crippen LogP contribution in [0.1, 0.15) is 25.1 Å². The first kappa shape index (κ1) is 23.8. The van der Waals surface area contributed by atoms with Crippen LogP contribution in [0, 0.1) is 0 Å². The van der Waals surface area contributed by atoms with Crippen molar-refractivity contribution in [3.05, 3.63) is 90.5 Å². The van der Waals surface area contributed by atoms with Gasteiger partial charge in [-0.15, -0.1) is 0 Å². The van der Waals surface area contributed by atoms with E-state index in [2.05, 4.69) is 28.1 Å². The van der Waals surface area contributed by atoms with E-state index in [0.717, 1.165) is 64.3 Å². The highest BCUT2D eigenvalue weighted by Gasteiger charge is 2.21. The topological polar surface area (TPSA) is 58.8 Å². The second-order valence-corrected chi connectivity index (χ2v) is 9.04. The molecular formula is C30H31N3O3. The summed E-state index contributed by atoms with van der Waals surface area (Å²) >= 11 is 0. The summed E-state index contributed by atoms with van der Waals surface area (Å²) in [5.41, 5.74) is 5.72. The zero-order chi connectivity index (χ0) is 24.9. The van der Waals surface area contributed by atoms with Gasteiger partial charge < -0.3 is 14.1 Å². The molecule has 0 unspecified atom stereocenters. The van der Waals surface area contributed by atoms with Gasteiger partial charge in [0.2, 0.25) is 5.91 Å². The molecule has 6 nitrogen and oxygen atoms in total. The quantitative estimate of drug-likeness (QED) is 0.320. The molecule has 1 amide bonds. The molecule has 0 aliphatic carbocycles. The minimum atomic E-state index is 0.0306. The standard InChI is InChI=1S/C30H31N3O3/c1-3-35-28-19-29-26(27(21-36-29)23-9-5-4-6-10-23)18-25(28)22(2)17-30(34)33-15-13-32(14-16-33)20-24-11-7-8-12-31-24/h4-12,17-19,21H,3,13-16,20H2,1-2H3/b22-17+. The summed E-state index contributed by atoms with van der Waals surface area (Å²) in [5, 5.41) is 1.00. The number of nitrogens with zero attached hydrogens (tertiary/aromatic N) is 3. The first-order valence-corrected chi connectivity index (χ1v) is 12.5. The molecule has 1 aliphatic heterocycles. The minimum absolute atomic E-state index is 0.0306. The Morgan fingerprint density at radius 1 is 1.06 bits per heavy atom. The van der Waals surface area contributed by atoms with Crippen LogP contribution in [0.2, 0.25) is 0 Å². The van der Waals surface area contributed by atoms with Gasteiger partial charge in [-0.05, 0) is 43.2 Å². The number of ether oxygens (including phenoxy) is 1. The highest BCUT2D eigenvalue weighted by molar-refractivity contribution is 6.00. The van der Waals surface area contributed by atoms with Crippen LogP contribution in [0.15, 0.2) is 83.6 Å². The van der Waals surface area contributed by atoms with Crippen molar-refractivity contribution in [2.75, 3.05) is 32.8 Å².